The number of para-hydroxylation sites is 1. The van der Waals surface area contributed by atoms with Gasteiger partial charge < -0.3 is 0 Å². The number of aromatic nitrogens is 2. The van der Waals surface area contributed by atoms with E-state index in [-0.39, 0.29) is 5.91 Å². The van der Waals surface area contributed by atoms with Gasteiger partial charge in [0.25, 0.3) is 5.91 Å². The molecule has 0 fully saturated rings. The van der Waals surface area contributed by atoms with Crippen molar-refractivity contribution in [1.82, 2.24) is 9.97 Å². The standard InChI is InChI=1S/C27H21N3OS/c1-17-23(21-15-9-10-16-22(21)28-24(17)19-11-5-3-6-12-19)26(31)30-27-29-25(18(2)32-27)20-13-7-4-8-14-20/h3-16H,1-2H3,(H,29,30,31). The van der Waals surface area contributed by atoms with Crippen LogP contribution in [-0.4, -0.2) is 15.9 Å². The van der Waals surface area contributed by atoms with Gasteiger partial charge in [-0.25, -0.2) is 9.97 Å². The van der Waals surface area contributed by atoms with Gasteiger partial charge in [-0.1, -0.05) is 78.9 Å². The Morgan fingerprint density at radius 2 is 1.34 bits per heavy atom. The Labute approximate surface area is 190 Å². The summed E-state index contributed by atoms with van der Waals surface area (Å²) in [6.45, 7) is 3.98. The van der Waals surface area contributed by atoms with Gasteiger partial charge >= 0.3 is 0 Å². The van der Waals surface area contributed by atoms with Gasteiger partial charge in [0.05, 0.1) is 22.5 Å². The van der Waals surface area contributed by atoms with Crippen molar-refractivity contribution in [3.8, 4) is 22.5 Å². The quantitative estimate of drug-likeness (QED) is 0.334. The lowest BCUT2D eigenvalue weighted by molar-refractivity contribution is 0.102. The summed E-state index contributed by atoms with van der Waals surface area (Å²) in [7, 11) is 0. The van der Waals surface area contributed by atoms with E-state index in [9.17, 15) is 4.79 Å². The van der Waals surface area contributed by atoms with E-state index in [4.69, 9.17) is 9.97 Å². The number of amides is 1. The van der Waals surface area contributed by atoms with Gasteiger partial charge in [0.2, 0.25) is 0 Å². The number of rotatable bonds is 4. The lowest BCUT2D eigenvalue weighted by atomic mass is 9.97. The maximum absolute atomic E-state index is 13.5. The van der Waals surface area contributed by atoms with Crippen molar-refractivity contribution in [3.63, 3.8) is 0 Å². The van der Waals surface area contributed by atoms with Crippen LogP contribution in [0.3, 0.4) is 0 Å². The van der Waals surface area contributed by atoms with Crippen LogP contribution in [0, 0.1) is 13.8 Å². The maximum Gasteiger partial charge on any atom is 0.258 e. The monoisotopic (exact) mass is 435 g/mol. The first kappa shape index (κ1) is 20.1. The maximum atomic E-state index is 13.5. The number of pyridine rings is 1. The predicted molar refractivity (Wildman–Crippen MR) is 132 cm³/mol. The molecule has 0 aliphatic rings. The number of carbonyl (C=O) groups is 1. The van der Waals surface area contributed by atoms with Crippen LogP contribution in [-0.2, 0) is 0 Å². The van der Waals surface area contributed by atoms with E-state index in [1.807, 2.05) is 98.8 Å². The lowest BCUT2D eigenvalue weighted by Gasteiger charge is -2.14. The van der Waals surface area contributed by atoms with Gasteiger partial charge in [-0.15, -0.1) is 11.3 Å². The van der Waals surface area contributed by atoms with Crippen molar-refractivity contribution >= 4 is 33.3 Å². The molecule has 1 amide bonds. The largest absolute Gasteiger partial charge is 0.298 e. The second-order valence-electron chi connectivity index (χ2n) is 7.59. The number of fused-ring (bicyclic) bond motifs is 1. The molecule has 1 N–H and O–H groups in total. The van der Waals surface area contributed by atoms with E-state index >= 15 is 0 Å². The van der Waals surface area contributed by atoms with Gasteiger partial charge in [-0.3, -0.25) is 10.1 Å². The van der Waals surface area contributed by atoms with Gasteiger partial charge in [-0.05, 0) is 25.5 Å². The minimum absolute atomic E-state index is 0.174. The van der Waals surface area contributed by atoms with Crippen LogP contribution in [0.15, 0.2) is 84.9 Å². The van der Waals surface area contributed by atoms with Crippen LogP contribution in [0.4, 0.5) is 5.13 Å². The number of benzene rings is 3. The molecule has 0 atom stereocenters. The molecule has 0 spiro atoms. The van der Waals surface area contributed by atoms with Crippen molar-refractivity contribution in [1.29, 1.82) is 0 Å². The molecule has 0 saturated carbocycles. The highest BCUT2D eigenvalue weighted by Gasteiger charge is 2.20. The fourth-order valence-electron chi connectivity index (χ4n) is 3.95. The first-order valence-corrected chi connectivity index (χ1v) is 11.2. The summed E-state index contributed by atoms with van der Waals surface area (Å²) < 4.78 is 0. The van der Waals surface area contributed by atoms with Crippen LogP contribution in [0.1, 0.15) is 20.8 Å². The Hall–Kier alpha value is -3.83. The molecule has 3 aromatic carbocycles. The molecule has 0 aliphatic heterocycles. The molecule has 5 aromatic rings. The summed E-state index contributed by atoms with van der Waals surface area (Å²) in [5.41, 5.74) is 6.01. The third kappa shape index (κ3) is 3.67. The molecule has 4 nitrogen and oxygen atoms in total. The predicted octanol–water partition coefficient (Wildman–Crippen LogP) is 6.89. The van der Waals surface area contributed by atoms with Crippen molar-refractivity contribution in [2.75, 3.05) is 5.32 Å². The number of thiazole rings is 1. The average Bonchev–Trinajstić information content (AvgIpc) is 3.19. The van der Waals surface area contributed by atoms with Crippen molar-refractivity contribution in [2.24, 2.45) is 0 Å². The zero-order valence-electron chi connectivity index (χ0n) is 17.8. The van der Waals surface area contributed by atoms with E-state index in [1.54, 1.807) is 0 Å². The number of hydrogen-bond acceptors (Lipinski definition) is 4. The Kier molecular flexibility index (Phi) is 5.25. The van der Waals surface area contributed by atoms with Gasteiger partial charge in [-0.2, -0.15) is 0 Å². The first-order chi connectivity index (χ1) is 15.6. The zero-order chi connectivity index (χ0) is 22.1. The van der Waals surface area contributed by atoms with E-state index in [1.165, 1.54) is 11.3 Å². The second-order valence-corrected chi connectivity index (χ2v) is 8.79. The SMILES string of the molecule is Cc1sc(NC(=O)c2c(C)c(-c3ccccc3)nc3ccccc23)nc1-c1ccccc1. The average molecular weight is 436 g/mol. The van der Waals surface area contributed by atoms with E-state index < -0.39 is 0 Å². The zero-order valence-corrected chi connectivity index (χ0v) is 18.6. The van der Waals surface area contributed by atoms with E-state index in [0.717, 1.165) is 43.9 Å². The lowest BCUT2D eigenvalue weighted by Crippen LogP contribution is -2.15. The number of nitrogens with one attached hydrogen (secondary N) is 1. The highest BCUT2D eigenvalue weighted by molar-refractivity contribution is 7.16. The third-order valence-electron chi connectivity index (χ3n) is 5.47. The Bertz CT molecular complexity index is 1430. The number of aryl methyl sites for hydroxylation is 1. The highest BCUT2D eigenvalue weighted by atomic mass is 32.1. The molecule has 0 saturated heterocycles. The van der Waals surface area contributed by atoms with Crippen LogP contribution in [0.2, 0.25) is 0 Å². The first-order valence-electron chi connectivity index (χ1n) is 10.4. The van der Waals surface area contributed by atoms with E-state index in [2.05, 4.69) is 5.32 Å². The minimum Gasteiger partial charge on any atom is -0.298 e. The number of hydrogen-bond donors (Lipinski definition) is 1. The fourth-order valence-corrected chi connectivity index (χ4v) is 4.78. The molecule has 2 heterocycles. The smallest absolute Gasteiger partial charge is 0.258 e. The van der Waals surface area contributed by atoms with Crippen molar-refractivity contribution in [3.05, 3.63) is 101 Å². The number of nitrogens with zero attached hydrogens (tertiary/aromatic N) is 2. The van der Waals surface area contributed by atoms with Gasteiger partial charge in [0, 0.05) is 21.4 Å². The minimum atomic E-state index is -0.174. The topological polar surface area (TPSA) is 54.9 Å². The normalized spacial score (nSPS) is 10.9. The highest BCUT2D eigenvalue weighted by Crippen LogP contribution is 2.33. The van der Waals surface area contributed by atoms with Crippen LogP contribution in [0.25, 0.3) is 33.4 Å². The number of carbonyl (C=O) groups excluding carboxylic acids is 1. The summed E-state index contributed by atoms with van der Waals surface area (Å²) in [6.07, 6.45) is 0. The molecule has 156 valence electrons. The van der Waals surface area contributed by atoms with Crippen molar-refractivity contribution < 1.29 is 4.79 Å². The summed E-state index contributed by atoms with van der Waals surface area (Å²) in [5.74, 6) is -0.174. The molecular formula is C27H21N3OS. The molecule has 5 heteroatoms. The van der Waals surface area contributed by atoms with Gasteiger partial charge in [0.15, 0.2) is 5.13 Å². The molecule has 5 rings (SSSR count). The van der Waals surface area contributed by atoms with Crippen molar-refractivity contribution in [2.45, 2.75) is 13.8 Å². The fraction of sp³-hybridized carbons (Fsp3) is 0.0741. The van der Waals surface area contributed by atoms with Crippen LogP contribution in [0.5, 0.6) is 0 Å². The Morgan fingerprint density at radius 1 is 0.750 bits per heavy atom. The van der Waals surface area contributed by atoms with E-state index in [0.29, 0.717) is 10.7 Å². The molecule has 0 radical (unpaired) electrons. The second kappa shape index (κ2) is 8.36. The molecule has 2 aromatic heterocycles. The Morgan fingerprint density at radius 3 is 2.03 bits per heavy atom. The molecule has 0 unspecified atom stereocenters. The molecule has 0 bridgehead atoms. The van der Waals surface area contributed by atoms with Crippen LogP contribution >= 0.6 is 11.3 Å². The number of anilines is 1. The molecule has 32 heavy (non-hydrogen) atoms. The Balaban J connectivity index is 1.58. The van der Waals surface area contributed by atoms with Gasteiger partial charge in [0.1, 0.15) is 0 Å². The molecule has 0 aliphatic carbocycles. The molecular weight excluding hydrogens is 414 g/mol. The summed E-state index contributed by atoms with van der Waals surface area (Å²) >= 11 is 1.49. The van der Waals surface area contributed by atoms with Crippen LogP contribution < -0.4 is 5.32 Å². The summed E-state index contributed by atoms with van der Waals surface area (Å²) in [4.78, 5) is 24.1. The summed E-state index contributed by atoms with van der Waals surface area (Å²) in [6, 6.07) is 27.8. The summed E-state index contributed by atoms with van der Waals surface area (Å²) in [5, 5.41) is 4.46. The third-order valence-corrected chi connectivity index (χ3v) is 6.36.